The maximum atomic E-state index is 13.0. The van der Waals surface area contributed by atoms with Gasteiger partial charge in [-0.05, 0) is 61.4 Å². The molecule has 1 amide bonds. The summed E-state index contributed by atoms with van der Waals surface area (Å²) in [7, 11) is 0. The second-order valence-electron chi connectivity index (χ2n) is 8.27. The predicted molar refractivity (Wildman–Crippen MR) is 116 cm³/mol. The highest BCUT2D eigenvalue weighted by Gasteiger charge is 2.34. The van der Waals surface area contributed by atoms with E-state index in [1.165, 1.54) is 0 Å². The first kappa shape index (κ1) is 20.0. The highest BCUT2D eigenvalue weighted by molar-refractivity contribution is 7.17. The highest BCUT2D eigenvalue weighted by Crippen LogP contribution is 2.29. The number of hydrogen-bond donors (Lipinski definition) is 2. The largest absolute Gasteiger partial charge is 0.388 e. The molecule has 6 heteroatoms. The molecule has 3 aromatic heterocycles. The van der Waals surface area contributed by atoms with E-state index in [0.29, 0.717) is 18.5 Å². The predicted octanol–water partition coefficient (Wildman–Crippen LogP) is 4.40. The summed E-state index contributed by atoms with van der Waals surface area (Å²) in [5.74, 6) is -0.214. The highest BCUT2D eigenvalue weighted by atomic mass is 32.1. The van der Waals surface area contributed by atoms with Gasteiger partial charge in [0.15, 0.2) is 0 Å². The fourth-order valence-corrected chi connectivity index (χ4v) is 4.90. The lowest BCUT2D eigenvalue weighted by atomic mass is 9.91. The van der Waals surface area contributed by atoms with Crippen molar-refractivity contribution in [1.82, 2.24) is 15.3 Å². The van der Waals surface area contributed by atoms with Crippen molar-refractivity contribution in [3.05, 3.63) is 58.4 Å². The Balaban J connectivity index is 1.61. The number of rotatable bonds is 4. The summed E-state index contributed by atoms with van der Waals surface area (Å²) in [6, 6.07) is 7.67. The van der Waals surface area contributed by atoms with Crippen molar-refractivity contribution in [2.75, 3.05) is 0 Å². The molecule has 29 heavy (non-hydrogen) atoms. The van der Waals surface area contributed by atoms with Gasteiger partial charge in [0, 0.05) is 18.3 Å². The summed E-state index contributed by atoms with van der Waals surface area (Å²) < 4.78 is 1.10. The number of carbonyl (C=O) groups excluding carboxylic acids is 1. The molecule has 0 spiro atoms. The van der Waals surface area contributed by atoms with E-state index in [4.69, 9.17) is 0 Å². The first-order valence-corrected chi connectivity index (χ1v) is 11.1. The summed E-state index contributed by atoms with van der Waals surface area (Å²) in [6.45, 7) is 3.80. The number of aliphatic hydroxyl groups is 1. The van der Waals surface area contributed by atoms with E-state index >= 15 is 0 Å². The van der Waals surface area contributed by atoms with Crippen LogP contribution in [0.4, 0.5) is 0 Å². The fraction of sp³-hybridized carbons (Fsp3) is 0.435. The van der Waals surface area contributed by atoms with Crippen LogP contribution in [-0.2, 0) is 6.42 Å². The van der Waals surface area contributed by atoms with Crippen molar-refractivity contribution in [3.63, 3.8) is 0 Å². The Morgan fingerprint density at radius 3 is 2.97 bits per heavy atom. The normalized spacial score (nSPS) is 22.4. The second kappa shape index (κ2) is 8.20. The molecular formula is C23H27N3O2S. The molecule has 0 aliphatic heterocycles. The number of aryl methyl sites for hydroxylation is 1. The van der Waals surface area contributed by atoms with Gasteiger partial charge in [-0.3, -0.25) is 9.78 Å². The third-order valence-electron chi connectivity index (χ3n) is 5.82. The number of thiophene rings is 1. The van der Waals surface area contributed by atoms with Crippen LogP contribution >= 0.6 is 11.3 Å². The van der Waals surface area contributed by atoms with Crippen LogP contribution in [0.1, 0.15) is 66.3 Å². The Morgan fingerprint density at radius 1 is 1.31 bits per heavy atom. The van der Waals surface area contributed by atoms with Gasteiger partial charge in [-0.1, -0.05) is 25.3 Å². The maximum Gasteiger partial charge on any atom is 0.270 e. The molecule has 152 valence electrons. The SMILES string of the molecule is Cc1ccc(Cc2cc(C(=O)NC3CCCCCC3(C)O)nc3ccsc23)cn1. The number of fused-ring (bicyclic) bond motifs is 1. The van der Waals surface area contributed by atoms with E-state index < -0.39 is 5.60 Å². The number of amides is 1. The van der Waals surface area contributed by atoms with Crippen molar-refractivity contribution in [3.8, 4) is 0 Å². The van der Waals surface area contributed by atoms with E-state index in [2.05, 4.69) is 21.4 Å². The fourth-order valence-electron chi connectivity index (χ4n) is 4.05. The van der Waals surface area contributed by atoms with E-state index in [-0.39, 0.29) is 11.9 Å². The molecule has 2 atom stereocenters. The summed E-state index contributed by atoms with van der Waals surface area (Å²) in [6.07, 6.45) is 7.20. The monoisotopic (exact) mass is 409 g/mol. The summed E-state index contributed by atoms with van der Waals surface area (Å²) in [4.78, 5) is 22.0. The van der Waals surface area contributed by atoms with Crippen LogP contribution in [0.2, 0.25) is 0 Å². The summed E-state index contributed by atoms with van der Waals surface area (Å²) >= 11 is 1.64. The molecule has 1 aliphatic rings. The summed E-state index contributed by atoms with van der Waals surface area (Å²) in [5.41, 5.74) is 3.54. The maximum absolute atomic E-state index is 13.0. The smallest absolute Gasteiger partial charge is 0.270 e. The van der Waals surface area contributed by atoms with E-state index in [1.807, 2.05) is 43.6 Å². The molecule has 3 heterocycles. The molecule has 4 rings (SSSR count). The van der Waals surface area contributed by atoms with Crippen molar-refractivity contribution < 1.29 is 9.90 Å². The Morgan fingerprint density at radius 2 is 2.17 bits per heavy atom. The molecule has 1 saturated carbocycles. The van der Waals surface area contributed by atoms with Crippen molar-refractivity contribution in [2.24, 2.45) is 0 Å². The van der Waals surface area contributed by atoms with Gasteiger partial charge < -0.3 is 10.4 Å². The number of nitrogens with zero attached hydrogens (tertiary/aromatic N) is 2. The van der Waals surface area contributed by atoms with Gasteiger partial charge in [0.25, 0.3) is 5.91 Å². The van der Waals surface area contributed by atoms with Crippen LogP contribution in [0.15, 0.2) is 35.8 Å². The van der Waals surface area contributed by atoms with Gasteiger partial charge >= 0.3 is 0 Å². The summed E-state index contributed by atoms with van der Waals surface area (Å²) in [5, 5.41) is 15.8. The van der Waals surface area contributed by atoms with Gasteiger partial charge in [0.1, 0.15) is 5.69 Å². The van der Waals surface area contributed by atoms with Crippen molar-refractivity contribution >= 4 is 27.5 Å². The number of nitrogens with one attached hydrogen (secondary N) is 1. The Bertz CT molecular complexity index is 1010. The average Bonchev–Trinajstić information content (AvgIpc) is 3.10. The molecule has 3 aromatic rings. The lowest BCUT2D eigenvalue weighted by Crippen LogP contribution is -2.50. The van der Waals surface area contributed by atoms with Crippen LogP contribution < -0.4 is 5.32 Å². The number of pyridine rings is 2. The molecule has 0 bridgehead atoms. The van der Waals surface area contributed by atoms with E-state index in [0.717, 1.165) is 52.7 Å². The molecule has 5 nitrogen and oxygen atoms in total. The lowest BCUT2D eigenvalue weighted by molar-refractivity contribution is 0.0130. The second-order valence-corrected chi connectivity index (χ2v) is 9.18. The molecule has 0 radical (unpaired) electrons. The minimum atomic E-state index is -0.880. The van der Waals surface area contributed by atoms with Gasteiger partial charge in [-0.25, -0.2) is 4.98 Å². The Kier molecular flexibility index (Phi) is 5.65. The number of carbonyl (C=O) groups is 1. The number of aromatic nitrogens is 2. The zero-order chi connectivity index (χ0) is 20.4. The van der Waals surface area contributed by atoms with Gasteiger partial charge in [0.2, 0.25) is 0 Å². The quantitative estimate of drug-likeness (QED) is 0.626. The van der Waals surface area contributed by atoms with Gasteiger partial charge in [-0.15, -0.1) is 11.3 Å². The topological polar surface area (TPSA) is 75.1 Å². The molecule has 0 saturated heterocycles. The molecule has 1 aliphatic carbocycles. The minimum absolute atomic E-state index is 0.214. The standard InChI is InChI=1S/C23H27N3O2S/c1-15-7-8-16(14-24-15)12-17-13-19(25-18-9-11-29-21(17)18)22(27)26-20-6-4-3-5-10-23(20,2)28/h7-9,11,13-14,20,28H,3-6,10,12H2,1-2H3,(H,26,27). The van der Waals surface area contributed by atoms with Crippen LogP contribution in [0.3, 0.4) is 0 Å². The lowest BCUT2D eigenvalue weighted by Gasteiger charge is -2.31. The van der Waals surface area contributed by atoms with Crippen molar-refractivity contribution in [1.29, 1.82) is 0 Å². The van der Waals surface area contributed by atoms with Crippen molar-refractivity contribution in [2.45, 2.75) is 64.0 Å². The Hall–Kier alpha value is -2.31. The van der Waals surface area contributed by atoms with Crippen LogP contribution in [0.25, 0.3) is 10.2 Å². The first-order valence-electron chi connectivity index (χ1n) is 10.2. The minimum Gasteiger partial charge on any atom is -0.388 e. The number of hydrogen-bond acceptors (Lipinski definition) is 5. The molecule has 0 aromatic carbocycles. The zero-order valence-corrected chi connectivity index (χ0v) is 17.8. The zero-order valence-electron chi connectivity index (χ0n) is 16.9. The van der Waals surface area contributed by atoms with Crippen LogP contribution in [-0.4, -0.2) is 32.6 Å². The Labute approximate surface area is 175 Å². The molecule has 2 unspecified atom stereocenters. The molecule has 1 fully saturated rings. The first-order chi connectivity index (χ1) is 13.9. The molecular weight excluding hydrogens is 382 g/mol. The van der Waals surface area contributed by atoms with Crippen LogP contribution in [0, 0.1) is 6.92 Å². The van der Waals surface area contributed by atoms with E-state index in [1.54, 1.807) is 11.3 Å². The van der Waals surface area contributed by atoms with E-state index in [9.17, 15) is 9.90 Å². The average molecular weight is 410 g/mol. The third kappa shape index (κ3) is 4.49. The third-order valence-corrected chi connectivity index (χ3v) is 6.80. The van der Waals surface area contributed by atoms with Gasteiger partial charge in [0.05, 0.1) is 21.9 Å². The van der Waals surface area contributed by atoms with Crippen LogP contribution in [0.5, 0.6) is 0 Å². The molecule has 2 N–H and O–H groups in total. The van der Waals surface area contributed by atoms with Gasteiger partial charge in [-0.2, -0.15) is 0 Å².